The molecule has 68 valence electrons. The summed E-state index contributed by atoms with van der Waals surface area (Å²) in [7, 11) is 0. The van der Waals surface area contributed by atoms with E-state index in [2.05, 4.69) is 15.3 Å². The Labute approximate surface area is 73.2 Å². The molecule has 6 heteroatoms. The van der Waals surface area contributed by atoms with E-state index in [0.717, 1.165) is 0 Å². The fourth-order valence-electron chi connectivity index (χ4n) is 0.723. The molecule has 4 nitrogen and oxygen atoms in total. The molecule has 0 aliphatic rings. The molecule has 1 heterocycles. The van der Waals surface area contributed by atoms with E-state index in [1.807, 2.05) is 0 Å². The number of hydrogen-bond acceptors (Lipinski definition) is 4. The minimum Gasteiger partial charge on any atom is -0.362 e. The molecule has 0 radical (unpaired) electrons. The summed E-state index contributed by atoms with van der Waals surface area (Å²) < 4.78 is 23.5. The Kier molecular flexibility index (Phi) is 3.09. The molecule has 13 heavy (non-hydrogen) atoms. The monoisotopic (exact) mass is 184 g/mol. The van der Waals surface area contributed by atoms with Crippen LogP contribution in [0.15, 0.2) is 12.4 Å². The molecule has 0 saturated carbocycles. The summed E-state index contributed by atoms with van der Waals surface area (Å²) >= 11 is 0. The fourth-order valence-corrected chi connectivity index (χ4v) is 0.723. The quantitative estimate of drug-likeness (QED) is 0.761. The lowest BCUT2D eigenvalue weighted by atomic mass is 10.4. The van der Waals surface area contributed by atoms with Gasteiger partial charge in [-0.3, -0.25) is 0 Å². The molecule has 0 atom stereocenters. The minimum atomic E-state index is -2.48. The van der Waals surface area contributed by atoms with E-state index in [1.54, 1.807) is 6.07 Å². The molecule has 0 unspecified atom stereocenters. The van der Waals surface area contributed by atoms with Crippen molar-refractivity contribution in [3.63, 3.8) is 0 Å². The first kappa shape index (κ1) is 9.32. The molecule has 0 bridgehead atoms. The highest BCUT2D eigenvalue weighted by Crippen LogP contribution is 2.06. The van der Waals surface area contributed by atoms with Gasteiger partial charge in [0.2, 0.25) is 0 Å². The summed E-state index contributed by atoms with van der Waals surface area (Å²) in [5.41, 5.74) is 0.0168. The number of nitrogens with zero attached hydrogens (tertiary/aromatic N) is 3. The molecule has 1 aromatic rings. The molecular weight excluding hydrogens is 178 g/mol. The zero-order valence-electron chi connectivity index (χ0n) is 6.54. The maximum absolute atomic E-state index is 11.8. The third-order valence-corrected chi connectivity index (χ3v) is 1.23. The second-order valence-electron chi connectivity index (χ2n) is 2.14. The first-order chi connectivity index (χ1) is 6.24. The number of hydrogen-bond donors (Lipinski definition) is 1. The number of anilines is 1. The molecule has 0 saturated heterocycles. The number of rotatable bonds is 3. The van der Waals surface area contributed by atoms with Crippen LogP contribution in [0.1, 0.15) is 5.69 Å². The third-order valence-electron chi connectivity index (χ3n) is 1.23. The maximum atomic E-state index is 11.8. The van der Waals surface area contributed by atoms with Crippen LogP contribution >= 0.6 is 0 Å². The van der Waals surface area contributed by atoms with Gasteiger partial charge in [0.25, 0.3) is 6.43 Å². The van der Waals surface area contributed by atoms with Crippen LogP contribution in [-0.4, -0.2) is 22.9 Å². The molecule has 0 spiro atoms. The summed E-state index contributed by atoms with van der Waals surface area (Å²) in [6.07, 6.45) is 0.175. The van der Waals surface area contributed by atoms with Crippen molar-refractivity contribution in [2.45, 2.75) is 6.43 Å². The van der Waals surface area contributed by atoms with Gasteiger partial charge in [0.1, 0.15) is 6.07 Å². The second-order valence-corrected chi connectivity index (χ2v) is 2.14. The summed E-state index contributed by atoms with van der Waals surface area (Å²) in [5, 5.41) is 10.8. The van der Waals surface area contributed by atoms with Gasteiger partial charge < -0.3 is 5.32 Å². The Morgan fingerprint density at radius 3 is 2.77 bits per heavy atom. The molecule has 0 aliphatic heterocycles. The van der Waals surface area contributed by atoms with Gasteiger partial charge in [0, 0.05) is 12.4 Å². The van der Waals surface area contributed by atoms with Gasteiger partial charge in [-0.1, -0.05) is 0 Å². The number of nitrogens with one attached hydrogen (secondary N) is 1. The zero-order valence-corrected chi connectivity index (χ0v) is 6.54. The first-order valence-corrected chi connectivity index (χ1v) is 3.47. The highest BCUT2D eigenvalue weighted by Gasteiger charge is 2.06. The van der Waals surface area contributed by atoms with E-state index < -0.39 is 13.0 Å². The van der Waals surface area contributed by atoms with Gasteiger partial charge in [-0.15, -0.1) is 0 Å². The Bertz CT molecular complexity index is 321. The van der Waals surface area contributed by atoms with Gasteiger partial charge >= 0.3 is 0 Å². The Hall–Kier alpha value is -1.77. The van der Waals surface area contributed by atoms with Crippen LogP contribution < -0.4 is 5.32 Å². The van der Waals surface area contributed by atoms with Gasteiger partial charge in [-0.05, 0) is 0 Å². The lowest BCUT2D eigenvalue weighted by molar-refractivity contribution is 0.163. The summed E-state index contributed by atoms with van der Waals surface area (Å²) in [5.74, 6) is 0.0882. The average molecular weight is 184 g/mol. The summed E-state index contributed by atoms with van der Waals surface area (Å²) in [6, 6.07) is 1.74. The van der Waals surface area contributed by atoms with Crippen LogP contribution in [0, 0.1) is 11.3 Å². The molecular formula is C7H6F2N4. The predicted molar refractivity (Wildman–Crippen MR) is 41.2 cm³/mol. The van der Waals surface area contributed by atoms with E-state index in [9.17, 15) is 8.78 Å². The van der Waals surface area contributed by atoms with E-state index >= 15 is 0 Å². The van der Waals surface area contributed by atoms with Crippen molar-refractivity contribution in [1.82, 2.24) is 9.97 Å². The van der Waals surface area contributed by atoms with Crippen LogP contribution in [-0.2, 0) is 0 Å². The topological polar surface area (TPSA) is 61.6 Å². The van der Waals surface area contributed by atoms with Crippen molar-refractivity contribution in [3.05, 3.63) is 18.1 Å². The zero-order chi connectivity index (χ0) is 9.68. The van der Waals surface area contributed by atoms with Crippen LogP contribution in [0.5, 0.6) is 0 Å². The molecule has 0 aliphatic carbocycles. The molecule has 0 fully saturated rings. The number of aromatic nitrogens is 2. The van der Waals surface area contributed by atoms with Crippen molar-refractivity contribution >= 4 is 5.82 Å². The van der Waals surface area contributed by atoms with Crippen molar-refractivity contribution < 1.29 is 8.78 Å². The van der Waals surface area contributed by atoms with Crippen LogP contribution in [0.3, 0.4) is 0 Å². The Balaban J connectivity index is 2.71. The summed E-state index contributed by atoms with van der Waals surface area (Å²) in [6.45, 7) is -0.534. The van der Waals surface area contributed by atoms with Crippen LogP contribution in [0.4, 0.5) is 14.6 Å². The first-order valence-electron chi connectivity index (χ1n) is 3.47. The molecule has 0 aromatic carbocycles. The van der Waals surface area contributed by atoms with E-state index in [0.29, 0.717) is 0 Å². The number of alkyl halides is 2. The average Bonchev–Trinajstić information content (AvgIpc) is 2.15. The van der Waals surface area contributed by atoms with Crippen molar-refractivity contribution in [2.75, 3.05) is 11.9 Å². The third kappa shape index (κ3) is 2.63. The Morgan fingerprint density at radius 1 is 1.46 bits per heavy atom. The number of nitriles is 1. The highest BCUT2D eigenvalue weighted by atomic mass is 19.3. The largest absolute Gasteiger partial charge is 0.362 e. The molecule has 0 amide bonds. The fraction of sp³-hybridized carbons (Fsp3) is 0.286. The van der Waals surface area contributed by atoms with Gasteiger partial charge in [0.05, 0.1) is 6.54 Å². The standard InChI is InChI=1S/C7H6F2N4/c8-6(9)4-13-7-5(3-10)11-1-2-12-7/h1-2,6H,4H2,(H,12,13). The van der Waals surface area contributed by atoms with Crippen LogP contribution in [0.25, 0.3) is 0 Å². The van der Waals surface area contributed by atoms with Crippen molar-refractivity contribution in [1.29, 1.82) is 5.26 Å². The molecule has 1 rings (SSSR count). The smallest absolute Gasteiger partial charge is 0.255 e. The van der Waals surface area contributed by atoms with Crippen molar-refractivity contribution in [2.24, 2.45) is 0 Å². The highest BCUT2D eigenvalue weighted by molar-refractivity contribution is 5.46. The Morgan fingerprint density at radius 2 is 2.15 bits per heavy atom. The van der Waals surface area contributed by atoms with Gasteiger partial charge in [-0.25, -0.2) is 18.7 Å². The SMILES string of the molecule is N#Cc1nccnc1NCC(F)F. The van der Waals surface area contributed by atoms with Gasteiger partial charge in [0.15, 0.2) is 11.5 Å². The molecule has 1 aromatic heterocycles. The lowest BCUT2D eigenvalue weighted by Gasteiger charge is -2.04. The number of halogens is 2. The van der Waals surface area contributed by atoms with E-state index in [1.165, 1.54) is 12.4 Å². The van der Waals surface area contributed by atoms with Gasteiger partial charge in [-0.2, -0.15) is 5.26 Å². The molecule has 1 N–H and O–H groups in total. The second kappa shape index (κ2) is 4.30. The minimum absolute atomic E-state index is 0.0168. The van der Waals surface area contributed by atoms with E-state index in [-0.39, 0.29) is 11.5 Å². The maximum Gasteiger partial charge on any atom is 0.255 e. The normalized spacial score (nSPS) is 9.69. The van der Waals surface area contributed by atoms with Crippen molar-refractivity contribution in [3.8, 4) is 6.07 Å². The predicted octanol–water partition coefficient (Wildman–Crippen LogP) is 1.03. The lowest BCUT2D eigenvalue weighted by Crippen LogP contribution is -2.12. The summed E-state index contributed by atoms with van der Waals surface area (Å²) in [4.78, 5) is 7.34. The van der Waals surface area contributed by atoms with E-state index in [4.69, 9.17) is 5.26 Å². The van der Waals surface area contributed by atoms with Crippen LogP contribution in [0.2, 0.25) is 0 Å².